The molecule has 0 saturated heterocycles. The van der Waals surface area contributed by atoms with Gasteiger partial charge in [-0.05, 0) is 43.4 Å². The van der Waals surface area contributed by atoms with Gasteiger partial charge >= 0.3 is 5.97 Å². The zero-order valence-corrected chi connectivity index (χ0v) is 16.0. The van der Waals surface area contributed by atoms with Crippen molar-refractivity contribution in [2.24, 2.45) is 7.05 Å². The fourth-order valence-corrected chi connectivity index (χ4v) is 3.98. The predicted molar refractivity (Wildman–Crippen MR) is 96.7 cm³/mol. The van der Waals surface area contributed by atoms with Crippen molar-refractivity contribution < 1.29 is 22.7 Å². The number of aromatic nitrogens is 2. The first-order valence-electron chi connectivity index (χ1n) is 8.60. The number of hydrogen-bond acceptors (Lipinski definition) is 6. The molecular formula is C18H21N3O5S. The Morgan fingerprint density at radius 3 is 2.74 bits per heavy atom. The predicted octanol–water partition coefficient (Wildman–Crippen LogP) is 1.00. The van der Waals surface area contributed by atoms with Crippen molar-refractivity contribution in [3.63, 3.8) is 0 Å². The van der Waals surface area contributed by atoms with Crippen molar-refractivity contribution in [1.82, 2.24) is 14.5 Å². The molecular weight excluding hydrogens is 370 g/mol. The average Bonchev–Trinajstić information content (AvgIpc) is 3.27. The van der Waals surface area contributed by atoms with Crippen LogP contribution < -0.4 is 4.72 Å². The van der Waals surface area contributed by atoms with Gasteiger partial charge in [0.15, 0.2) is 6.10 Å². The van der Waals surface area contributed by atoms with Crippen LogP contribution in [0.25, 0.3) is 0 Å². The van der Waals surface area contributed by atoms with Gasteiger partial charge in [-0.25, -0.2) is 8.42 Å². The molecule has 3 rings (SSSR count). The van der Waals surface area contributed by atoms with Gasteiger partial charge in [0, 0.05) is 18.8 Å². The monoisotopic (exact) mass is 391 g/mol. The van der Waals surface area contributed by atoms with Crippen molar-refractivity contribution in [1.29, 1.82) is 0 Å². The summed E-state index contributed by atoms with van der Waals surface area (Å²) in [6.07, 6.45) is 4.53. The molecule has 1 heterocycles. The molecule has 9 heteroatoms. The first-order valence-corrected chi connectivity index (χ1v) is 10.1. The van der Waals surface area contributed by atoms with Crippen LogP contribution in [0.3, 0.4) is 0 Å². The molecule has 144 valence electrons. The lowest BCUT2D eigenvalue weighted by atomic mass is 10.0. The minimum Gasteiger partial charge on any atom is -0.453 e. The van der Waals surface area contributed by atoms with Crippen LogP contribution in [0.4, 0.5) is 0 Å². The Hall–Kier alpha value is -2.52. The van der Waals surface area contributed by atoms with Crippen LogP contribution in [0.5, 0.6) is 0 Å². The molecule has 0 amide bonds. The highest BCUT2D eigenvalue weighted by Crippen LogP contribution is 2.23. The fourth-order valence-electron chi connectivity index (χ4n) is 3.03. The molecule has 0 bridgehead atoms. The molecule has 1 unspecified atom stereocenters. The summed E-state index contributed by atoms with van der Waals surface area (Å²) in [7, 11) is -2.29. The smallest absolute Gasteiger partial charge is 0.321 e. The maximum atomic E-state index is 12.5. The Bertz CT molecular complexity index is 981. The highest BCUT2D eigenvalue weighted by atomic mass is 32.2. The van der Waals surface area contributed by atoms with Crippen LogP contribution in [-0.4, -0.2) is 42.6 Å². The number of sulfonamides is 1. The molecule has 0 fully saturated rings. The summed E-state index contributed by atoms with van der Waals surface area (Å²) < 4.78 is 32.7. The van der Waals surface area contributed by atoms with Gasteiger partial charge in [-0.3, -0.25) is 14.3 Å². The summed E-state index contributed by atoms with van der Waals surface area (Å²) in [5.74, 6) is -1.14. The summed E-state index contributed by atoms with van der Waals surface area (Å²) in [6, 6.07) is 5.52. The van der Waals surface area contributed by atoms with E-state index >= 15 is 0 Å². The van der Waals surface area contributed by atoms with E-state index in [1.807, 2.05) is 12.1 Å². The zero-order valence-electron chi connectivity index (χ0n) is 15.1. The maximum Gasteiger partial charge on any atom is 0.321 e. The highest BCUT2D eigenvalue weighted by Gasteiger charge is 2.23. The molecule has 1 aromatic carbocycles. The number of benzene rings is 1. The van der Waals surface area contributed by atoms with Crippen molar-refractivity contribution in [2.45, 2.75) is 37.2 Å². The fraction of sp³-hybridized carbons (Fsp3) is 0.389. The van der Waals surface area contributed by atoms with Gasteiger partial charge in [-0.15, -0.1) is 0 Å². The van der Waals surface area contributed by atoms with E-state index in [9.17, 15) is 18.0 Å². The van der Waals surface area contributed by atoms with Crippen LogP contribution in [0.15, 0.2) is 35.5 Å². The van der Waals surface area contributed by atoms with E-state index in [-0.39, 0.29) is 10.7 Å². The lowest BCUT2D eigenvalue weighted by molar-refractivity contribution is -0.144. The maximum absolute atomic E-state index is 12.5. The number of hydrogen-bond donors (Lipinski definition) is 1. The Morgan fingerprint density at radius 2 is 2.04 bits per heavy atom. The van der Waals surface area contributed by atoms with E-state index in [0.717, 1.165) is 24.8 Å². The van der Waals surface area contributed by atoms with Crippen LogP contribution in [0.2, 0.25) is 0 Å². The second-order valence-corrected chi connectivity index (χ2v) is 8.27. The molecule has 0 saturated carbocycles. The molecule has 27 heavy (non-hydrogen) atoms. The lowest BCUT2D eigenvalue weighted by Gasteiger charge is -2.13. The minimum atomic E-state index is -3.87. The van der Waals surface area contributed by atoms with Gasteiger partial charge in [0.1, 0.15) is 11.4 Å². The van der Waals surface area contributed by atoms with Gasteiger partial charge in [-0.1, -0.05) is 12.1 Å². The summed E-state index contributed by atoms with van der Waals surface area (Å²) in [5.41, 5.74) is 2.90. The topological polar surface area (TPSA) is 107 Å². The van der Waals surface area contributed by atoms with Crippen LogP contribution in [0, 0.1) is 0 Å². The molecule has 8 nitrogen and oxygen atoms in total. The third kappa shape index (κ3) is 4.42. The van der Waals surface area contributed by atoms with Crippen LogP contribution in [-0.2, 0) is 39.4 Å². The zero-order chi connectivity index (χ0) is 19.6. The number of fused-ring (bicyclic) bond motifs is 1. The SMILES string of the molecule is CC(OC(=O)CNS(=O)(=O)c1cnn(C)c1)C(=O)c1ccc2c(c1)CCC2. The number of ketones is 1. The van der Waals surface area contributed by atoms with E-state index in [0.29, 0.717) is 5.56 Å². The Kier molecular flexibility index (Phi) is 5.43. The molecule has 1 aliphatic rings. The van der Waals surface area contributed by atoms with Gasteiger partial charge in [0.25, 0.3) is 0 Å². The average molecular weight is 391 g/mol. The first-order chi connectivity index (χ1) is 12.8. The quantitative estimate of drug-likeness (QED) is 0.557. The second-order valence-electron chi connectivity index (χ2n) is 6.51. The molecule has 1 aromatic heterocycles. The molecule has 0 aliphatic heterocycles. The van der Waals surface area contributed by atoms with Crippen LogP contribution in [0.1, 0.15) is 34.8 Å². The standard InChI is InChI=1S/C18H21N3O5S/c1-12(18(23)15-7-6-13-4-3-5-14(13)8-15)26-17(22)10-20-27(24,25)16-9-19-21(2)11-16/h6-9,11-12,20H,3-5,10H2,1-2H3. The van der Waals surface area contributed by atoms with E-state index in [4.69, 9.17) is 4.74 Å². The first kappa shape index (κ1) is 19.2. The van der Waals surface area contributed by atoms with Crippen molar-refractivity contribution in [3.8, 4) is 0 Å². The molecule has 0 radical (unpaired) electrons. The number of aryl methyl sites for hydroxylation is 3. The molecule has 0 spiro atoms. The number of nitrogens with zero attached hydrogens (tertiary/aromatic N) is 2. The number of esters is 1. The summed E-state index contributed by atoms with van der Waals surface area (Å²) in [6.45, 7) is 0.905. The summed E-state index contributed by atoms with van der Waals surface area (Å²) in [4.78, 5) is 24.4. The van der Waals surface area contributed by atoms with Crippen LogP contribution >= 0.6 is 0 Å². The summed E-state index contributed by atoms with van der Waals surface area (Å²) >= 11 is 0. The normalized spacial score (nSPS) is 14.6. The second kappa shape index (κ2) is 7.61. The third-order valence-corrected chi connectivity index (χ3v) is 5.81. The third-order valence-electron chi connectivity index (χ3n) is 4.46. The highest BCUT2D eigenvalue weighted by molar-refractivity contribution is 7.89. The van der Waals surface area contributed by atoms with E-state index in [1.54, 1.807) is 13.1 Å². The number of Topliss-reactive ketones (excluding diaryl/α,β-unsaturated/α-hetero) is 1. The van der Waals surface area contributed by atoms with E-state index in [1.165, 1.54) is 29.6 Å². The number of carbonyl (C=O) groups excluding carboxylic acids is 2. The van der Waals surface area contributed by atoms with Gasteiger partial charge in [0.2, 0.25) is 15.8 Å². The van der Waals surface area contributed by atoms with Gasteiger partial charge < -0.3 is 4.74 Å². The number of ether oxygens (including phenoxy) is 1. The Balaban J connectivity index is 1.56. The van der Waals surface area contributed by atoms with Gasteiger partial charge in [0.05, 0.1) is 6.20 Å². The Labute approximate surface area is 157 Å². The lowest BCUT2D eigenvalue weighted by Crippen LogP contribution is -2.34. The molecule has 1 aliphatic carbocycles. The number of nitrogens with one attached hydrogen (secondary N) is 1. The number of rotatable bonds is 7. The Morgan fingerprint density at radius 1 is 1.30 bits per heavy atom. The van der Waals surface area contributed by atoms with Gasteiger partial charge in [-0.2, -0.15) is 9.82 Å². The van der Waals surface area contributed by atoms with Crippen molar-refractivity contribution >= 4 is 21.8 Å². The molecule has 1 N–H and O–H groups in total. The van der Waals surface area contributed by atoms with E-state index < -0.39 is 28.6 Å². The molecule has 1 atom stereocenters. The minimum absolute atomic E-state index is 0.0555. The van der Waals surface area contributed by atoms with Crippen molar-refractivity contribution in [3.05, 3.63) is 47.3 Å². The van der Waals surface area contributed by atoms with E-state index in [2.05, 4.69) is 9.82 Å². The summed E-state index contributed by atoms with van der Waals surface area (Å²) in [5, 5.41) is 3.78. The largest absolute Gasteiger partial charge is 0.453 e. The number of carbonyl (C=O) groups is 2. The molecule has 2 aromatic rings. The van der Waals surface area contributed by atoms with Crippen molar-refractivity contribution in [2.75, 3.05) is 6.54 Å².